The predicted molar refractivity (Wildman–Crippen MR) is 175 cm³/mol. The van der Waals surface area contributed by atoms with E-state index < -0.39 is 0 Å². The summed E-state index contributed by atoms with van der Waals surface area (Å²) >= 11 is 0. The lowest BCUT2D eigenvalue weighted by Crippen LogP contribution is -2.12. The third-order valence-electron chi connectivity index (χ3n) is 7.57. The average Bonchev–Trinajstić information content (AvgIpc) is 3.03. The maximum absolute atomic E-state index is 2.39. The average molecular weight is 513 g/mol. The van der Waals surface area contributed by atoms with Gasteiger partial charge in [-0.1, -0.05) is 122 Å². The SMILES string of the molecule is Bc1ccccc1-c1cc(N(c2ccccc2)c2cc(-c3ccccc3)cc(-c3ccccc3)c2)ccc1CC. The van der Waals surface area contributed by atoms with Crippen molar-refractivity contribution in [1.29, 1.82) is 0 Å². The third kappa shape index (κ3) is 5.22. The van der Waals surface area contributed by atoms with Crippen molar-refractivity contribution in [2.75, 3.05) is 4.90 Å². The molecule has 0 N–H and O–H groups in total. The van der Waals surface area contributed by atoms with Crippen LogP contribution >= 0.6 is 0 Å². The summed E-state index contributed by atoms with van der Waals surface area (Å²) in [6.07, 6.45) is 0.983. The smallest absolute Gasteiger partial charge is 0.140 e. The van der Waals surface area contributed by atoms with Crippen molar-refractivity contribution in [3.05, 3.63) is 157 Å². The molecular formula is C38H32BN. The van der Waals surface area contributed by atoms with Gasteiger partial charge in [-0.15, -0.1) is 0 Å². The molecule has 40 heavy (non-hydrogen) atoms. The Morgan fingerprint density at radius 2 is 1.00 bits per heavy atom. The maximum Gasteiger partial charge on any atom is 0.140 e. The molecule has 0 aromatic heterocycles. The Bertz CT molecular complexity index is 1670. The molecule has 0 saturated carbocycles. The summed E-state index contributed by atoms with van der Waals surface area (Å²) in [7, 11) is 2.20. The summed E-state index contributed by atoms with van der Waals surface area (Å²) in [5, 5.41) is 0. The third-order valence-corrected chi connectivity index (χ3v) is 7.57. The van der Waals surface area contributed by atoms with Gasteiger partial charge in [0.05, 0.1) is 0 Å². The second-order valence-electron chi connectivity index (χ2n) is 10.2. The number of para-hydroxylation sites is 1. The van der Waals surface area contributed by atoms with Crippen LogP contribution in [0.5, 0.6) is 0 Å². The fraction of sp³-hybridized carbons (Fsp3) is 0.0526. The number of anilines is 3. The lowest BCUT2D eigenvalue weighted by molar-refractivity contribution is 1.14. The van der Waals surface area contributed by atoms with Crippen molar-refractivity contribution >= 4 is 30.4 Å². The van der Waals surface area contributed by atoms with Crippen LogP contribution in [-0.4, -0.2) is 7.85 Å². The molecule has 0 fully saturated rings. The number of hydrogen-bond acceptors (Lipinski definition) is 1. The Labute approximate surface area is 238 Å². The van der Waals surface area contributed by atoms with Gasteiger partial charge >= 0.3 is 0 Å². The van der Waals surface area contributed by atoms with E-state index in [0.717, 1.165) is 23.5 Å². The molecule has 0 aliphatic rings. The number of hydrogen-bond donors (Lipinski definition) is 0. The van der Waals surface area contributed by atoms with Crippen LogP contribution < -0.4 is 10.4 Å². The van der Waals surface area contributed by atoms with Crippen molar-refractivity contribution in [1.82, 2.24) is 0 Å². The van der Waals surface area contributed by atoms with Crippen molar-refractivity contribution < 1.29 is 0 Å². The van der Waals surface area contributed by atoms with Crippen molar-refractivity contribution in [3.8, 4) is 33.4 Å². The fourth-order valence-electron chi connectivity index (χ4n) is 5.50. The normalized spacial score (nSPS) is 10.8. The van der Waals surface area contributed by atoms with E-state index in [1.54, 1.807) is 0 Å². The van der Waals surface area contributed by atoms with E-state index >= 15 is 0 Å². The highest BCUT2D eigenvalue weighted by molar-refractivity contribution is 6.36. The summed E-state index contributed by atoms with van der Waals surface area (Å²) in [5.41, 5.74) is 13.4. The van der Waals surface area contributed by atoms with Crippen LogP contribution in [0.15, 0.2) is 152 Å². The Kier molecular flexibility index (Phi) is 7.33. The van der Waals surface area contributed by atoms with Crippen LogP contribution in [0, 0.1) is 0 Å². The number of aryl methyl sites for hydroxylation is 1. The molecule has 192 valence electrons. The molecule has 0 unspecified atom stereocenters. The molecule has 0 radical (unpaired) electrons. The van der Waals surface area contributed by atoms with Gasteiger partial charge in [-0.2, -0.15) is 0 Å². The molecular weight excluding hydrogens is 481 g/mol. The zero-order valence-electron chi connectivity index (χ0n) is 23.1. The number of benzene rings is 6. The van der Waals surface area contributed by atoms with Gasteiger partial charge in [-0.25, -0.2) is 0 Å². The highest BCUT2D eigenvalue weighted by Crippen LogP contribution is 2.41. The predicted octanol–water partition coefficient (Wildman–Crippen LogP) is 8.98. The Morgan fingerprint density at radius 1 is 0.450 bits per heavy atom. The zero-order valence-corrected chi connectivity index (χ0v) is 23.1. The number of rotatable bonds is 7. The van der Waals surface area contributed by atoms with E-state index in [4.69, 9.17) is 0 Å². The lowest BCUT2D eigenvalue weighted by atomic mass is 9.85. The van der Waals surface area contributed by atoms with Gasteiger partial charge in [0.2, 0.25) is 0 Å². The van der Waals surface area contributed by atoms with Gasteiger partial charge in [-0.3, -0.25) is 0 Å². The molecule has 0 saturated heterocycles. The van der Waals surface area contributed by atoms with Crippen LogP contribution in [0.3, 0.4) is 0 Å². The number of nitrogens with zero attached hydrogens (tertiary/aromatic N) is 1. The van der Waals surface area contributed by atoms with Crippen LogP contribution in [0.4, 0.5) is 17.1 Å². The first kappa shape index (κ1) is 25.5. The van der Waals surface area contributed by atoms with E-state index in [0.29, 0.717) is 0 Å². The molecule has 0 atom stereocenters. The van der Waals surface area contributed by atoms with Gasteiger partial charge in [0.25, 0.3) is 0 Å². The van der Waals surface area contributed by atoms with Gasteiger partial charge in [0, 0.05) is 17.1 Å². The fourth-order valence-corrected chi connectivity index (χ4v) is 5.50. The van der Waals surface area contributed by atoms with E-state index in [-0.39, 0.29) is 0 Å². The summed E-state index contributed by atoms with van der Waals surface area (Å²) < 4.78 is 0. The minimum absolute atomic E-state index is 0.983. The largest absolute Gasteiger partial charge is 0.310 e. The first-order chi connectivity index (χ1) is 19.7. The van der Waals surface area contributed by atoms with E-state index in [1.807, 2.05) is 0 Å². The topological polar surface area (TPSA) is 3.24 Å². The quantitative estimate of drug-likeness (QED) is 0.193. The molecule has 0 aliphatic heterocycles. The molecule has 6 aromatic rings. The van der Waals surface area contributed by atoms with Gasteiger partial charge < -0.3 is 4.90 Å². The molecule has 0 bridgehead atoms. The molecule has 0 aliphatic carbocycles. The zero-order chi connectivity index (χ0) is 27.3. The summed E-state index contributed by atoms with van der Waals surface area (Å²) in [4.78, 5) is 2.39. The Morgan fingerprint density at radius 3 is 1.57 bits per heavy atom. The summed E-state index contributed by atoms with van der Waals surface area (Å²) in [6.45, 7) is 2.24. The van der Waals surface area contributed by atoms with E-state index in [2.05, 4.69) is 171 Å². The first-order valence-corrected chi connectivity index (χ1v) is 14.0. The van der Waals surface area contributed by atoms with E-state index in [1.165, 1.54) is 44.4 Å². The summed E-state index contributed by atoms with van der Waals surface area (Å²) in [6, 6.07) is 54.6. The van der Waals surface area contributed by atoms with Crippen LogP contribution in [0.25, 0.3) is 33.4 Å². The minimum Gasteiger partial charge on any atom is -0.310 e. The standard InChI is InChI=1S/C38H32BN/c1-2-28-22-23-34(27-37(28)36-20-12-13-21-38(36)39)40(33-18-10-5-11-19-33)35-25-31(29-14-6-3-7-15-29)24-32(26-35)30-16-8-4-9-17-30/h3-27H,2,39H2,1H3. The minimum atomic E-state index is 0.983. The molecule has 6 rings (SSSR count). The Hall–Kier alpha value is -4.82. The highest BCUT2D eigenvalue weighted by atomic mass is 15.1. The van der Waals surface area contributed by atoms with E-state index in [9.17, 15) is 0 Å². The van der Waals surface area contributed by atoms with Crippen molar-refractivity contribution in [3.63, 3.8) is 0 Å². The molecule has 0 spiro atoms. The van der Waals surface area contributed by atoms with Crippen molar-refractivity contribution in [2.24, 2.45) is 0 Å². The first-order valence-electron chi connectivity index (χ1n) is 14.0. The van der Waals surface area contributed by atoms with Crippen LogP contribution in [0.2, 0.25) is 0 Å². The van der Waals surface area contributed by atoms with Gasteiger partial charge in [0.15, 0.2) is 0 Å². The monoisotopic (exact) mass is 513 g/mol. The van der Waals surface area contributed by atoms with Crippen molar-refractivity contribution in [2.45, 2.75) is 13.3 Å². The molecule has 0 amide bonds. The Balaban J connectivity index is 1.59. The molecule has 1 nitrogen and oxygen atoms in total. The maximum atomic E-state index is 2.39. The second kappa shape index (κ2) is 11.5. The lowest BCUT2D eigenvalue weighted by Gasteiger charge is -2.28. The van der Waals surface area contributed by atoms with Crippen LogP contribution in [-0.2, 0) is 6.42 Å². The molecule has 0 heterocycles. The molecule has 2 heteroatoms. The van der Waals surface area contributed by atoms with Gasteiger partial charge in [-0.05, 0) is 87.8 Å². The van der Waals surface area contributed by atoms with Gasteiger partial charge in [0.1, 0.15) is 7.85 Å². The molecule has 6 aromatic carbocycles. The highest BCUT2D eigenvalue weighted by Gasteiger charge is 2.17. The summed E-state index contributed by atoms with van der Waals surface area (Å²) in [5.74, 6) is 0. The van der Waals surface area contributed by atoms with Crippen LogP contribution in [0.1, 0.15) is 12.5 Å². The second-order valence-corrected chi connectivity index (χ2v) is 10.2.